The second-order valence-electron chi connectivity index (χ2n) is 5.66. The second kappa shape index (κ2) is 5.12. The van der Waals surface area contributed by atoms with Crippen molar-refractivity contribution in [2.45, 2.75) is 51.5 Å². The van der Waals surface area contributed by atoms with Gasteiger partial charge in [-0.2, -0.15) is 0 Å². The molecule has 19 heavy (non-hydrogen) atoms. The van der Waals surface area contributed by atoms with E-state index in [0.29, 0.717) is 16.6 Å². The molecule has 4 nitrogen and oxygen atoms in total. The second-order valence-corrected chi connectivity index (χ2v) is 6.64. The van der Waals surface area contributed by atoms with Crippen LogP contribution in [0, 0.1) is 12.8 Å². The summed E-state index contributed by atoms with van der Waals surface area (Å²) in [5, 5.41) is 10.1. The number of fused-ring (bicyclic) bond motifs is 1. The van der Waals surface area contributed by atoms with Crippen LogP contribution in [-0.4, -0.2) is 28.6 Å². The molecule has 0 spiro atoms. The molecule has 2 atom stereocenters. The molecule has 0 aromatic carbocycles. The molecule has 0 bridgehead atoms. The predicted octanol–water partition coefficient (Wildman–Crippen LogP) is 3.31. The molecule has 2 heterocycles. The Bertz CT molecular complexity index is 484. The maximum Gasteiger partial charge on any atom is 0.347 e. The van der Waals surface area contributed by atoms with Crippen LogP contribution in [-0.2, 0) is 0 Å². The Labute approximate surface area is 117 Å². The maximum absolute atomic E-state index is 11.2. The summed E-state index contributed by atoms with van der Waals surface area (Å²) in [6, 6.07) is 0.592. The van der Waals surface area contributed by atoms with E-state index in [4.69, 9.17) is 5.11 Å². The van der Waals surface area contributed by atoms with Crippen LogP contribution in [0.25, 0.3) is 0 Å². The zero-order valence-corrected chi connectivity index (χ0v) is 12.1. The van der Waals surface area contributed by atoms with Gasteiger partial charge in [-0.25, -0.2) is 9.78 Å². The number of hydrogen-bond acceptors (Lipinski definition) is 4. The van der Waals surface area contributed by atoms with Gasteiger partial charge in [0.15, 0.2) is 5.13 Å². The van der Waals surface area contributed by atoms with Crippen LogP contribution in [0.15, 0.2) is 0 Å². The highest BCUT2D eigenvalue weighted by Crippen LogP contribution is 2.39. The molecule has 5 heteroatoms. The fraction of sp³-hybridized carbons (Fsp3) is 0.714. The maximum atomic E-state index is 11.2. The van der Waals surface area contributed by atoms with E-state index in [2.05, 4.69) is 9.88 Å². The first-order valence-electron chi connectivity index (χ1n) is 7.14. The molecule has 1 aromatic rings. The third kappa shape index (κ3) is 2.36. The SMILES string of the molecule is Cc1nc(N2CCC[C@H]3CCCC[C@H]32)sc1C(=O)O. The molecule has 2 aliphatic rings. The van der Waals surface area contributed by atoms with Gasteiger partial charge in [0.2, 0.25) is 0 Å². The van der Waals surface area contributed by atoms with Gasteiger partial charge in [0.25, 0.3) is 0 Å². The lowest BCUT2D eigenvalue weighted by atomic mass is 9.78. The van der Waals surface area contributed by atoms with Crippen molar-refractivity contribution in [3.8, 4) is 0 Å². The van der Waals surface area contributed by atoms with Crippen molar-refractivity contribution in [3.63, 3.8) is 0 Å². The van der Waals surface area contributed by atoms with Gasteiger partial charge in [0.1, 0.15) is 4.88 Å². The van der Waals surface area contributed by atoms with Gasteiger partial charge in [0, 0.05) is 12.6 Å². The molecule has 0 amide bonds. The normalized spacial score (nSPS) is 27.1. The van der Waals surface area contributed by atoms with Gasteiger partial charge in [-0.3, -0.25) is 0 Å². The molecule has 0 radical (unpaired) electrons. The standard InChI is InChI=1S/C14H20N2O2S/c1-9-12(13(17)18)19-14(15-9)16-8-4-6-10-5-2-3-7-11(10)16/h10-11H,2-8H2,1H3,(H,17,18)/t10-,11-/m1/s1. The van der Waals surface area contributed by atoms with E-state index in [0.717, 1.165) is 17.6 Å². The summed E-state index contributed by atoms with van der Waals surface area (Å²) < 4.78 is 0. The summed E-state index contributed by atoms with van der Waals surface area (Å²) in [6.07, 6.45) is 7.77. The van der Waals surface area contributed by atoms with Crippen LogP contribution in [0.5, 0.6) is 0 Å². The smallest absolute Gasteiger partial charge is 0.347 e. The zero-order valence-electron chi connectivity index (χ0n) is 11.3. The van der Waals surface area contributed by atoms with Crippen LogP contribution in [0.2, 0.25) is 0 Å². The number of rotatable bonds is 2. The van der Waals surface area contributed by atoms with E-state index in [1.807, 2.05) is 0 Å². The van der Waals surface area contributed by atoms with Crippen LogP contribution in [0.3, 0.4) is 0 Å². The van der Waals surface area contributed by atoms with Crippen LogP contribution < -0.4 is 4.90 Å². The molecule has 1 aliphatic carbocycles. The van der Waals surface area contributed by atoms with E-state index >= 15 is 0 Å². The molecule has 1 saturated heterocycles. The van der Waals surface area contributed by atoms with E-state index in [1.54, 1.807) is 6.92 Å². The highest BCUT2D eigenvalue weighted by molar-refractivity contribution is 7.17. The summed E-state index contributed by atoms with van der Waals surface area (Å²) in [5.74, 6) is -0.0570. The zero-order chi connectivity index (χ0) is 13.4. The van der Waals surface area contributed by atoms with Crippen molar-refractivity contribution in [3.05, 3.63) is 10.6 Å². The molecule has 104 valence electrons. The number of aryl methyl sites for hydroxylation is 1. The van der Waals surface area contributed by atoms with Gasteiger partial charge in [0.05, 0.1) is 5.69 Å². The lowest BCUT2D eigenvalue weighted by molar-refractivity contribution is 0.0701. The Hall–Kier alpha value is -1.10. The number of aromatic carboxylic acids is 1. The van der Waals surface area contributed by atoms with Crippen molar-refractivity contribution in [1.29, 1.82) is 0 Å². The summed E-state index contributed by atoms with van der Waals surface area (Å²) in [4.78, 5) is 18.4. The van der Waals surface area contributed by atoms with Gasteiger partial charge in [-0.05, 0) is 38.5 Å². The number of piperidine rings is 1. The first-order valence-corrected chi connectivity index (χ1v) is 7.96. The molecule has 1 saturated carbocycles. The number of anilines is 1. The summed E-state index contributed by atoms with van der Waals surface area (Å²) in [7, 11) is 0. The lowest BCUT2D eigenvalue weighted by Gasteiger charge is -2.44. The van der Waals surface area contributed by atoms with Crippen LogP contribution >= 0.6 is 11.3 Å². The first kappa shape index (κ1) is 12.9. The van der Waals surface area contributed by atoms with Gasteiger partial charge >= 0.3 is 5.97 Å². The molecule has 3 rings (SSSR count). The lowest BCUT2D eigenvalue weighted by Crippen LogP contribution is -2.46. The number of carbonyl (C=O) groups is 1. The molecule has 2 fully saturated rings. The summed E-state index contributed by atoms with van der Waals surface area (Å²) in [5.41, 5.74) is 0.658. The van der Waals surface area contributed by atoms with Gasteiger partial charge in [-0.1, -0.05) is 24.2 Å². The highest BCUT2D eigenvalue weighted by atomic mass is 32.1. The Kier molecular flexibility index (Phi) is 3.48. The Balaban J connectivity index is 1.87. The number of nitrogens with zero attached hydrogens (tertiary/aromatic N) is 2. The predicted molar refractivity (Wildman–Crippen MR) is 76.1 cm³/mol. The monoisotopic (exact) mass is 280 g/mol. The van der Waals surface area contributed by atoms with Crippen molar-refractivity contribution in [2.75, 3.05) is 11.4 Å². The van der Waals surface area contributed by atoms with Crippen molar-refractivity contribution < 1.29 is 9.90 Å². The molecule has 0 unspecified atom stereocenters. The van der Waals surface area contributed by atoms with E-state index in [-0.39, 0.29) is 0 Å². The highest BCUT2D eigenvalue weighted by Gasteiger charge is 2.35. The minimum absolute atomic E-state index is 0.396. The third-order valence-electron chi connectivity index (χ3n) is 4.47. The molecule has 1 aliphatic heterocycles. The molecular weight excluding hydrogens is 260 g/mol. The minimum atomic E-state index is -0.849. The van der Waals surface area contributed by atoms with E-state index in [1.165, 1.54) is 49.9 Å². The Morgan fingerprint density at radius 3 is 2.79 bits per heavy atom. The Morgan fingerprint density at radius 1 is 1.32 bits per heavy atom. The largest absolute Gasteiger partial charge is 0.477 e. The first-order chi connectivity index (χ1) is 9.16. The number of carboxylic acids is 1. The molecule has 1 N–H and O–H groups in total. The van der Waals surface area contributed by atoms with E-state index < -0.39 is 5.97 Å². The van der Waals surface area contributed by atoms with Crippen molar-refractivity contribution in [2.24, 2.45) is 5.92 Å². The number of thiazole rings is 1. The molecule has 1 aromatic heterocycles. The quantitative estimate of drug-likeness (QED) is 0.903. The third-order valence-corrected chi connectivity index (χ3v) is 5.65. The molecular formula is C14H20N2O2S. The number of aromatic nitrogens is 1. The van der Waals surface area contributed by atoms with Crippen molar-refractivity contribution in [1.82, 2.24) is 4.98 Å². The van der Waals surface area contributed by atoms with Crippen LogP contribution in [0.1, 0.15) is 53.9 Å². The van der Waals surface area contributed by atoms with E-state index in [9.17, 15) is 4.79 Å². The minimum Gasteiger partial charge on any atom is -0.477 e. The fourth-order valence-electron chi connectivity index (χ4n) is 3.57. The Morgan fingerprint density at radius 2 is 2.05 bits per heavy atom. The summed E-state index contributed by atoms with van der Waals surface area (Å²) >= 11 is 1.35. The average molecular weight is 280 g/mol. The fourth-order valence-corrected chi connectivity index (χ4v) is 4.56. The average Bonchev–Trinajstić information content (AvgIpc) is 2.80. The van der Waals surface area contributed by atoms with Crippen molar-refractivity contribution >= 4 is 22.4 Å². The topological polar surface area (TPSA) is 53.4 Å². The summed E-state index contributed by atoms with van der Waals surface area (Å²) in [6.45, 7) is 2.83. The van der Waals surface area contributed by atoms with Crippen LogP contribution in [0.4, 0.5) is 5.13 Å². The number of hydrogen-bond donors (Lipinski definition) is 1. The number of carboxylic acid groups (broad SMARTS) is 1. The van der Waals surface area contributed by atoms with Gasteiger partial charge < -0.3 is 10.0 Å². The van der Waals surface area contributed by atoms with Gasteiger partial charge in [-0.15, -0.1) is 0 Å².